The Balaban J connectivity index is 1.47. The molecule has 1 aliphatic carbocycles. The lowest BCUT2D eigenvalue weighted by atomic mass is 9.81. The topological polar surface area (TPSA) is 56.5 Å². The zero-order valence-electron chi connectivity index (χ0n) is 24.4. The van der Waals surface area contributed by atoms with Gasteiger partial charge in [0.05, 0.1) is 45.0 Å². The molecule has 44 heavy (non-hydrogen) atoms. The van der Waals surface area contributed by atoms with Crippen molar-refractivity contribution in [2.45, 2.75) is 19.3 Å². The summed E-state index contributed by atoms with van der Waals surface area (Å²) in [6.45, 7) is 4.70. The van der Waals surface area contributed by atoms with Crippen molar-refractivity contribution in [3.63, 3.8) is 0 Å². The predicted octanol–water partition coefficient (Wildman–Crippen LogP) is 9.16. The van der Waals surface area contributed by atoms with Crippen LogP contribution in [0.2, 0.25) is 0 Å². The van der Waals surface area contributed by atoms with Crippen LogP contribution in [0, 0.1) is 0 Å². The van der Waals surface area contributed by atoms with Crippen LogP contribution in [-0.4, -0.2) is 24.5 Å². The Hall–Kier alpha value is -5.68. The summed E-state index contributed by atoms with van der Waals surface area (Å²) in [7, 11) is 0. The summed E-state index contributed by atoms with van der Waals surface area (Å²) in [5.41, 5.74) is 12.6. The molecule has 0 atom stereocenters. The van der Waals surface area contributed by atoms with E-state index >= 15 is 0 Å². The molecule has 9 rings (SSSR count). The molecule has 5 aromatic heterocycles. The zero-order chi connectivity index (χ0) is 29.4. The Morgan fingerprint density at radius 2 is 1.30 bits per heavy atom. The van der Waals surface area contributed by atoms with Crippen LogP contribution in [0.15, 0.2) is 128 Å². The van der Waals surface area contributed by atoms with Gasteiger partial charge in [-0.25, -0.2) is 4.98 Å². The van der Waals surface area contributed by atoms with E-state index in [1.165, 1.54) is 33.2 Å². The number of fused-ring (bicyclic) bond motifs is 9. The standard InChI is InChI=1S/C39H27N5/c1-39(2)29-12-4-3-11-26(29)27-16-17-28-35-34(18-15-24-10-9-21-42-37(24)35)44(38(28)36(27)39)25-22-32(30-13-5-7-19-40-30)43-33(23-25)31-14-6-8-20-41-31/h3-23H,1-2H3. The molecule has 0 N–H and O–H groups in total. The first kappa shape index (κ1) is 24.9. The quantitative estimate of drug-likeness (QED) is 0.214. The van der Waals surface area contributed by atoms with E-state index in [0.717, 1.165) is 50.3 Å². The molecule has 0 saturated carbocycles. The lowest BCUT2D eigenvalue weighted by Gasteiger charge is -2.24. The Morgan fingerprint density at radius 1 is 0.591 bits per heavy atom. The monoisotopic (exact) mass is 565 g/mol. The molecule has 0 unspecified atom stereocenters. The van der Waals surface area contributed by atoms with Gasteiger partial charge in [0.1, 0.15) is 0 Å². The molecule has 3 aromatic carbocycles. The van der Waals surface area contributed by atoms with Crippen molar-refractivity contribution in [3.8, 4) is 39.6 Å². The van der Waals surface area contributed by atoms with E-state index < -0.39 is 0 Å². The Labute approximate surface area is 254 Å². The molecule has 5 heteroatoms. The van der Waals surface area contributed by atoms with E-state index in [1.807, 2.05) is 61.1 Å². The highest BCUT2D eigenvalue weighted by Gasteiger charge is 2.38. The molecular weight excluding hydrogens is 538 g/mol. The van der Waals surface area contributed by atoms with E-state index in [0.29, 0.717) is 0 Å². The molecule has 0 radical (unpaired) electrons. The molecule has 0 amide bonds. The van der Waals surface area contributed by atoms with Gasteiger partial charge in [0.15, 0.2) is 0 Å². The zero-order valence-corrected chi connectivity index (χ0v) is 24.4. The summed E-state index contributed by atoms with van der Waals surface area (Å²) in [6.07, 6.45) is 5.52. The molecule has 5 heterocycles. The fourth-order valence-corrected chi connectivity index (χ4v) is 7.19. The summed E-state index contributed by atoms with van der Waals surface area (Å²) in [4.78, 5) is 19.4. The molecule has 0 fully saturated rings. The van der Waals surface area contributed by atoms with Crippen molar-refractivity contribution in [1.82, 2.24) is 24.5 Å². The largest absolute Gasteiger partial charge is 0.309 e. The SMILES string of the molecule is CC1(C)c2ccccc2-c2ccc3c4c5ncccc5ccc4n(-c4cc(-c5ccccn5)nc(-c5ccccn5)c4)c3c21. The van der Waals surface area contributed by atoms with Gasteiger partial charge in [-0.2, -0.15) is 0 Å². The number of hydrogen-bond acceptors (Lipinski definition) is 4. The third kappa shape index (κ3) is 3.47. The van der Waals surface area contributed by atoms with E-state index in [1.54, 1.807) is 0 Å². The van der Waals surface area contributed by atoms with Crippen LogP contribution < -0.4 is 0 Å². The number of benzene rings is 3. The normalized spacial score (nSPS) is 13.4. The maximum atomic E-state index is 5.08. The first-order chi connectivity index (χ1) is 21.6. The lowest BCUT2D eigenvalue weighted by molar-refractivity contribution is 0.664. The highest BCUT2D eigenvalue weighted by molar-refractivity contribution is 6.22. The van der Waals surface area contributed by atoms with Crippen molar-refractivity contribution >= 4 is 32.7 Å². The van der Waals surface area contributed by atoms with Gasteiger partial charge in [-0.15, -0.1) is 0 Å². The summed E-state index contributed by atoms with van der Waals surface area (Å²) in [6, 6.07) is 38.2. The minimum atomic E-state index is -0.207. The molecule has 0 bridgehead atoms. The van der Waals surface area contributed by atoms with Gasteiger partial charge in [0, 0.05) is 40.2 Å². The molecule has 0 saturated heterocycles. The summed E-state index contributed by atoms with van der Waals surface area (Å²) >= 11 is 0. The maximum absolute atomic E-state index is 5.08. The van der Waals surface area contributed by atoms with Gasteiger partial charge in [-0.1, -0.05) is 74.5 Å². The predicted molar refractivity (Wildman–Crippen MR) is 178 cm³/mol. The van der Waals surface area contributed by atoms with Gasteiger partial charge in [-0.05, 0) is 70.8 Å². The van der Waals surface area contributed by atoms with E-state index in [4.69, 9.17) is 9.97 Å². The second-order valence-electron chi connectivity index (χ2n) is 12.0. The Bertz CT molecular complexity index is 2350. The second kappa shape index (κ2) is 9.16. The Kier molecular flexibility index (Phi) is 5.18. The molecule has 208 valence electrons. The van der Waals surface area contributed by atoms with Crippen LogP contribution in [0.25, 0.3) is 72.3 Å². The van der Waals surface area contributed by atoms with Crippen LogP contribution in [0.4, 0.5) is 0 Å². The van der Waals surface area contributed by atoms with Crippen molar-refractivity contribution in [1.29, 1.82) is 0 Å². The van der Waals surface area contributed by atoms with E-state index in [-0.39, 0.29) is 5.41 Å². The average molecular weight is 566 g/mol. The van der Waals surface area contributed by atoms with Crippen LogP contribution in [0.1, 0.15) is 25.0 Å². The lowest BCUT2D eigenvalue weighted by Crippen LogP contribution is -2.16. The third-order valence-electron chi connectivity index (χ3n) is 9.10. The smallest absolute Gasteiger partial charge is 0.0915 e. The van der Waals surface area contributed by atoms with Crippen molar-refractivity contribution in [2.75, 3.05) is 0 Å². The third-order valence-corrected chi connectivity index (χ3v) is 9.10. The van der Waals surface area contributed by atoms with Crippen LogP contribution in [0.3, 0.4) is 0 Å². The van der Waals surface area contributed by atoms with Gasteiger partial charge >= 0.3 is 0 Å². The number of rotatable bonds is 3. The molecule has 1 aliphatic rings. The van der Waals surface area contributed by atoms with Crippen LogP contribution >= 0.6 is 0 Å². The first-order valence-corrected chi connectivity index (χ1v) is 14.9. The molecule has 0 spiro atoms. The molecule has 8 aromatic rings. The first-order valence-electron chi connectivity index (χ1n) is 14.9. The van der Waals surface area contributed by atoms with Crippen molar-refractivity contribution < 1.29 is 0 Å². The van der Waals surface area contributed by atoms with Crippen molar-refractivity contribution in [2.24, 2.45) is 0 Å². The number of pyridine rings is 4. The average Bonchev–Trinajstić information content (AvgIpc) is 3.54. The summed E-state index contributed by atoms with van der Waals surface area (Å²) in [5.74, 6) is 0. The van der Waals surface area contributed by atoms with Crippen LogP contribution in [0.5, 0.6) is 0 Å². The fourth-order valence-electron chi connectivity index (χ4n) is 7.19. The molecule has 0 aliphatic heterocycles. The van der Waals surface area contributed by atoms with Crippen molar-refractivity contribution in [3.05, 3.63) is 139 Å². The van der Waals surface area contributed by atoms with Crippen LogP contribution in [-0.2, 0) is 5.41 Å². The van der Waals surface area contributed by atoms with E-state index in [2.05, 4.69) is 95.1 Å². The number of nitrogens with zero attached hydrogens (tertiary/aromatic N) is 5. The highest BCUT2D eigenvalue weighted by Crippen LogP contribution is 2.53. The fraction of sp³-hybridized carbons (Fsp3) is 0.0769. The molecular formula is C39H27N5. The van der Waals surface area contributed by atoms with Gasteiger partial charge in [-0.3, -0.25) is 15.0 Å². The highest BCUT2D eigenvalue weighted by atomic mass is 15.0. The minimum absolute atomic E-state index is 0.207. The van der Waals surface area contributed by atoms with Gasteiger partial charge in [0.25, 0.3) is 0 Å². The summed E-state index contributed by atoms with van der Waals surface area (Å²) in [5, 5.41) is 3.47. The number of hydrogen-bond donors (Lipinski definition) is 0. The molecule has 5 nitrogen and oxygen atoms in total. The summed E-state index contributed by atoms with van der Waals surface area (Å²) < 4.78 is 2.42. The van der Waals surface area contributed by atoms with Gasteiger partial charge in [0.2, 0.25) is 0 Å². The second-order valence-corrected chi connectivity index (χ2v) is 12.0. The number of aromatic nitrogens is 5. The Morgan fingerprint density at radius 3 is 2.02 bits per heavy atom. The minimum Gasteiger partial charge on any atom is -0.309 e. The van der Waals surface area contributed by atoms with E-state index in [9.17, 15) is 0 Å². The van der Waals surface area contributed by atoms with Gasteiger partial charge < -0.3 is 4.57 Å². The maximum Gasteiger partial charge on any atom is 0.0915 e.